The summed E-state index contributed by atoms with van der Waals surface area (Å²) >= 11 is 0. The van der Waals surface area contributed by atoms with Crippen molar-refractivity contribution in [3.63, 3.8) is 0 Å². The summed E-state index contributed by atoms with van der Waals surface area (Å²) in [6.07, 6.45) is 0. The number of nitrogens with zero attached hydrogens (tertiary/aromatic N) is 1. The molecular weight excluding hydrogens is 406 g/mol. The molecular formula is C21H27N3O5S. The van der Waals surface area contributed by atoms with Gasteiger partial charge in [0.2, 0.25) is 0 Å². The summed E-state index contributed by atoms with van der Waals surface area (Å²) in [6, 6.07) is 13.0. The van der Waals surface area contributed by atoms with Gasteiger partial charge in [0, 0.05) is 31.9 Å². The number of hydrogen-bond acceptors (Lipinski definition) is 6. The summed E-state index contributed by atoms with van der Waals surface area (Å²) < 4.78 is 38.2. The van der Waals surface area contributed by atoms with Gasteiger partial charge in [-0.1, -0.05) is 17.7 Å². The van der Waals surface area contributed by atoms with Gasteiger partial charge >= 0.3 is 0 Å². The van der Waals surface area contributed by atoms with Gasteiger partial charge in [-0.3, -0.25) is 14.4 Å². The Morgan fingerprint density at radius 3 is 2.40 bits per heavy atom. The third-order valence-electron chi connectivity index (χ3n) is 4.66. The van der Waals surface area contributed by atoms with E-state index in [1.165, 1.54) is 24.3 Å². The van der Waals surface area contributed by atoms with Crippen LogP contribution >= 0.6 is 0 Å². The van der Waals surface area contributed by atoms with E-state index in [0.29, 0.717) is 18.0 Å². The minimum absolute atomic E-state index is 0.116. The van der Waals surface area contributed by atoms with E-state index in [9.17, 15) is 13.2 Å². The zero-order valence-corrected chi connectivity index (χ0v) is 17.8. The molecule has 0 spiro atoms. The minimum atomic E-state index is -3.70. The molecule has 8 nitrogen and oxygen atoms in total. The SMILES string of the molecule is Cc1ccc(NS(=O)(=O)c2ccc(OCC(=O)NCCN3CCOCC3)cc2)cc1. The van der Waals surface area contributed by atoms with E-state index in [-0.39, 0.29) is 17.4 Å². The molecule has 9 heteroatoms. The molecule has 3 rings (SSSR count). The number of benzene rings is 2. The van der Waals surface area contributed by atoms with Crippen LogP contribution in [0.1, 0.15) is 5.56 Å². The van der Waals surface area contributed by atoms with Crippen molar-refractivity contribution in [1.82, 2.24) is 10.2 Å². The van der Waals surface area contributed by atoms with Crippen LogP contribution in [0.3, 0.4) is 0 Å². The van der Waals surface area contributed by atoms with E-state index in [1.807, 2.05) is 19.1 Å². The molecule has 0 aromatic heterocycles. The second-order valence-corrected chi connectivity index (χ2v) is 8.72. The summed E-state index contributed by atoms with van der Waals surface area (Å²) in [4.78, 5) is 14.3. The molecule has 0 saturated carbocycles. The number of rotatable bonds is 9. The Kier molecular flexibility index (Phi) is 7.67. The Bertz CT molecular complexity index is 924. The van der Waals surface area contributed by atoms with Crippen molar-refractivity contribution in [3.8, 4) is 5.75 Å². The highest BCUT2D eigenvalue weighted by Crippen LogP contribution is 2.19. The second kappa shape index (κ2) is 10.4. The maximum Gasteiger partial charge on any atom is 0.261 e. The Balaban J connectivity index is 1.44. The first kappa shape index (κ1) is 22.1. The number of morpholine rings is 1. The fraction of sp³-hybridized carbons (Fsp3) is 0.381. The van der Waals surface area contributed by atoms with Crippen LogP contribution in [0.2, 0.25) is 0 Å². The van der Waals surface area contributed by atoms with Crippen LogP contribution in [0.4, 0.5) is 5.69 Å². The quantitative estimate of drug-likeness (QED) is 0.624. The lowest BCUT2D eigenvalue weighted by Gasteiger charge is -2.26. The first-order chi connectivity index (χ1) is 14.4. The Morgan fingerprint density at radius 1 is 1.07 bits per heavy atom. The van der Waals surface area contributed by atoms with E-state index < -0.39 is 10.0 Å². The number of sulfonamides is 1. The maximum absolute atomic E-state index is 12.5. The maximum atomic E-state index is 12.5. The van der Waals surface area contributed by atoms with Crippen LogP contribution in [0.5, 0.6) is 5.75 Å². The largest absolute Gasteiger partial charge is 0.484 e. The van der Waals surface area contributed by atoms with E-state index in [4.69, 9.17) is 9.47 Å². The third-order valence-corrected chi connectivity index (χ3v) is 6.06. The molecule has 1 fully saturated rings. The molecule has 0 bridgehead atoms. The second-order valence-electron chi connectivity index (χ2n) is 7.04. The van der Waals surface area contributed by atoms with Gasteiger partial charge in [-0.25, -0.2) is 8.42 Å². The van der Waals surface area contributed by atoms with Gasteiger partial charge in [0.15, 0.2) is 6.61 Å². The molecule has 1 saturated heterocycles. The molecule has 0 atom stereocenters. The molecule has 1 aliphatic rings. The monoisotopic (exact) mass is 433 g/mol. The standard InChI is InChI=1S/C21H27N3O5S/c1-17-2-4-18(5-3-17)23-30(26,27)20-8-6-19(7-9-20)29-16-21(25)22-10-11-24-12-14-28-15-13-24/h2-9,23H,10-16H2,1H3,(H,22,25). The third kappa shape index (κ3) is 6.72. The number of ether oxygens (including phenoxy) is 2. The van der Waals surface area contributed by atoms with Gasteiger partial charge in [-0.2, -0.15) is 0 Å². The number of carbonyl (C=O) groups is 1. The molecule has 1 aliphatic heterocycles. The van der Waals surface area contributed by atoms with Crippen molar-refractivity contribution in [2.24, 2.45) is 0 Å². The molecule has 30 heavy (non-hydrogen) atoms. The first-order valence-electron chi connectivity index (χ1n) is 9.81. The van der Waals surface area contributed by atoms with E-state index in [2.05, 4.69) is 14.9 Å². The highest BCUT2D eigenvalue weighted by molar-refractivity contribution is 7.92. The van der Waals surface area contributed by atoms with E-state index >= 15 is 0 Å². The summed E-state index contributed by atoms with van der Waals surface area (Å²) in [7, 11) is -3.70. The fourth-order valence-electron chi connectivity index (χ4n) is 2.93. The van der Waals surface area contributed by atoms with Gasteiger partial charge in [0.1, 0.15) is 5.75 Å². The molecule has 2 aromatic carbocycles. The van der Waals surface area contributed by atoms with E-state index in [0.717, 1.165) is 38.4 Å². The first-order valence-corrected chi connectivity index (χ1v) is 11.3. The van der Waals surface area contributed by atoms with Crippen molar-refractivity contribution < 1.29 is 22.7 Å². The summed E-state index contributed by atoms with van der Waals surface area (Å²) in [6.45, 7) is 6.32. The predicted octanol–water partition coefficient (Wildman–Crippen LogP) is 1.62. The minimum Gasteiger partial charge on any atom is -0.484 e. The predicted molar refractivity (Wildman–Crippen MR) is 114 cm³/mol. The molecule has 0 radical (unpaired) electrons. The molecule has 0 unspecified atom stereocenters. The van der Waals surface area contributed by atoms with E-state index in [1.54, 1.807) is 12.1 Å². The van der Waals surface area contributed by atoms with Gasteiger partial charge in [0.25, 0.3) is 15.9 Å². The zero-order valence-electron chi connectivity index (χ0n) is 17.0. The topological polar surface area (TPSA) is 97.0 Å². The Morgan fingerprint density at radius 2 is 1.73 bits per heavy atom. The number of aryl methyl sites for hydroxylation is 1. The fourth-order valence-corrected chi connectivity index (χ4v) is 3.99. The lowest BCUT2D eigenvalue weighted by atomic mass is 10.2. The molecule has 1 amide bonds. The number of anilines is 1. The van der Waals surface area contributed by atoms with Crippen LogP contribution in [-0.4, -0.2) is 65.2 Å². The van der Waals surface area contributed by atoms with Gasteiger partial charge in [0.05, 0.1) is 18.1 Å². The summed E-state index contributed by atoms with van der Waals surface area (Å²) in [5.41, 5.74) is 1.54. The van der Waals surface area contributed by atoms with Crippen molar-refractivity contribution in [1.29, 1.82) is 0 Å². The Labute approximate surface area is 177 Å². The number of carbonyl (C=O) groups excluding carboxylic acids is 1. The van der Waals surface area contributed by atoms with Gasteiger partial charge in [-0.15, -0.1) is 0 Å². The van der Waals surface area contributed by atoms with Gasteiger partial charge < -0.3 is 14.8 Å². The Hall–Kier alpha value is -2.62. The highest BCUT2D eigenvalue weighted by Gasteiger charge is 2.14. The number of amides is 1. The molecule has 2 aromatic rings. The molecule has 162 valence electrons. The lowest BCUT2D eigenvalue weighted by molar-refractivity contribution is -0.123. The van der Waals surface area contributed by atoms with Crippen LogP contribution in [-0.2, 0) is 19.6 Å². The smallest absolute Gasteiger partial charge is 0.261 e. The van der Waals surface area contributed by atoms with Crippen molar-refractivity contribution in [2.45, 2.75) is 11.8 Å². The average molecular weight is 434 g/mol. The van der Waals surface area contributed by atoms with Crippen LogP contribution in [0, 0.1) is 6.92 Å². The summed E-state index contributed by atoms with van der Waals surface area (Å²) in [5, 5.41) is 2.81. The summed E-state index contributed by atoms with van der Waals surface area (Å²) in [5.74, 6) is 0.202. The van der Waals surface area contributed by atoms with Crippen molar-refractivity contribution in [2.75, 3.05) is 50.7 Å². The van der Waals surface area contributed by atoms with Crippen molar-refractivity contribution >= 4 is 21.6 Å². The lowest BCUT2D eigenvalue weighted by Crippen LogP contribution is -2.42. The normalized spacial score (nSPS) is 14.8. The van der Waals surface area contributed by atoms with Crippen molar-refractivity contribution in [3.05, 3.63) is 54.1 Å². The van der Waals surface area contributed by atoms with Crippen LogP contribution < -0.4 is 14.8 Å². The average Bonchev–Trinajstić information content (AvgIpc) is 2.75. The van der Waals surface area contributed by atoms with Crippen LogP contribution in [0.15, 0.2) is 53.4 Å². The highest BCUT2D eigenvalue weighted by atomic mass is 32.2. The number of hydrogen-bond donors (Lipinski definition) is 2. The van der Waals surface area contributed by atoms with Crippen LogP contribution in [0.25, 0.3) is 0 Å². The molecule has 2 N–H and O–H groups in total. The molecule has 0 aliphatic carbocycles. The molecule has 1 heterocycles. The van der Waals surface area contributed by atoms with Gasteiger partial charge in [-0.05, 0) is 43.3 Å². The number of nitrogens with one attached hydrogen (secondary N) is 2. The zero-order chi connectivity index (χ0) is 21.4.